The molecule has 0 saturated heterocycles. The summed E-state index contributed by atoms with van der Waals surface area (Å²) in [7, 11) is 0. The molecule has 14 nitrogen and oxygen atoms in total. The molecule has 0 aliphatic rings. The molecule has 1 rings (SSSR count). The third-order valence-electron chi connectivity index (χ3n) is 5.07. The van der Waals surface area contributed by atoms with Crippen LogP contribution in [0.4, 0.5) is 0 Å². The van der Waals surface area contributed by atoms with Gasteiger partial charge in [0.15, 0.2) is 0 Å². The van der Waals surface area contributed by atoms with E-state index >= 15 is 0 Å². The highest BCUT2D eigenvalue weighted by atomic mass is 79.9. The number of amides is 6. The summed E-state index contributed by atoms with van der Waals surface area (Å²) in [5.74, 6) is -2.96. The van der Waals surface area contributed by atoms with Crippen LogP contribution in [0.25, 0.3) is 0 Å². The molecule has 2 unspecified atom stereocenters. The quantitative estimate of drug-likeness (QED) is 0.0459. The zero-order valence-electron chi connectivity index (χ0n) is 21.5. The van der Waals surface area contributed by atoms with Gasteiger partial charge in [-0.05, 0) is 18.5 Å². The maximum absolute atomic E-state index is 12.8. The molecule has 1 aromatic rings. The van der Waals surface area contributed by atoms with Crippen molar-refractivity contribution in [1.82, 2.24) is 31.9 Å². The van der Waals surface area contributed by atoms with Crippen molar-refractivity contribution < 1.29 is 33.9 Å². The summed E-state index contributed by atoms with van der Waals surface area (Å²) in [6.45, 7) is -0.506. The molecule has 2 atom stereocenters. The third-order valence-corrected chi connectivity index (χ3v) is 5.58. The van der Waals surface area contributed by atoms with E-state index in [4.69, 9.17) is 5.73 Å². The zero-order valence-corrected chi connectivity index (χ0v) is 23.1. The Kier molecular flexibility index (Phi) is 16.7. The van der Waals surface area contributed by atoms with E-state index in [9.17, 15) is 33.9 Å². The van der Waals surface area contributed by atoms with Crippen LogP contribution in [0.5, 0.6) is 0 Å². The standard InChI is InChI=1S/C24H36BrN7O7/c25-12-20(35)28-10-8-19(34)29-13-22(37)30-15-23(38)32-17(11-16-5-2-1-3-6-16)24(39)31-14-21(36)27-9-4-7-18(26)33/h1-3,5-6,17,21,27,36H,4,7-15H2,(H2,26,33)(H,28,35)(H,29,34)(H,30,37)(H,31,39)(H,32,38). The number of aliphatic hydroxyl groups is 1. The Morgan fingerprint density at radius 3 is 2.15 bits per heavy atom. The summed E-state index contributed by atoms with van der Waals surface area (Å²) in [4.78, 5) is 70.9. The van der Waals surface area contributed by atoms with E-state index in [0.717, 1.165) is 5.56 Å². The van der Waals surface area contributed by atoms with Crippen LogP contribution in [-0.4, -0.2) is 90.9 Å². The van der Waals surface area contributed by atoms with Gasteiger partial charge in [-0.25, -0.2) is 0 Å². The average molecular weight is 614 g/mol. The van der Waals surface area contributed by atoms with Crippen molar-refractivity contribution in [1.29, 1.82) is 0 Å². The van der Waals surface area contributed by atoms with Crippen LogP contribution in [0, 0.1) is 0 Å². The molecule has 0 radical (unpaired) electrons. The first-order valence-corrected chi connectivity index (χ1v) is 13.4. The Balaban J connectivity index is 2.50. The fourth-order valence-corrected chi connectivity index (χ4v) is 3.30. The molecule has 0 spiro atoms. The first kappa shape index (κ1) is 33.5. The number of rotatable bonds is 19. The lowest BCUT2D eigenvalue weighted by Crippen LogP contribution is -2.53. The van der Waals surface area contributed by atoms with Crippen LogP contribution >= 0.6 is 15.9 Å². The summed E-state index contributed by atoms with van der Waals surface area (Å²) >= 11 is 2.98. The second kappa shape index (κ2) is 19.5. The number of halogens is 1. The van der Waals surface area contributed by atoms with Gasteiger partial charge in [0.1, 0.15) is 12.3 Å². The normalized spacial score (nSPS) is 11.9. The molecule has 6 amide bonds. The SMILES string of the molecule is NC(=O)CCCNC(O)CNC(=O)C(Cc1ccccc1)NC(=O)CNC(=O)CNC(=O)CCNC(=O)CBr. The van der Waals surface area contributed by atoms with E-state index in [2.05, 4.69) is 47.8 Å². The minimum absolute atomic E-state index is 0.0135. The first-order chi connectivity index (χ1) is 18.6. The number of hydrogen-bond acceptors (Lipinski definition) is 8. The van der Waals surface area contributed by atoms with Gasteiger partial charge in [0.25, 0.3) is 0 Å². The van der Waals surface area contributed by atoms with Gasteiger partial charge in [-0.2, -0.15) is 0 Å². The number of benzene rings is 1. The van der Waals surface area contributed by atoms with Crippen molar-refractivity contribution >= 4 is 51.4 Å². The van der Waals surface area contributed by atoms with Crippen LogP contribution < -0.4 is 37.6 Å². The number of carbonyl (C=O) groups is 6. The summed E-state index contributed by atoms with van der Waals surface area (Å²) in [5, 5.41) is 25.2. The lowest BCUT2D eigenvalue weighted by molar-refractivity contribution is -0.130. The zero-order chi connectivity index (χ0) is 29.0. The molecular formula is C24H36BrN7O7. The van der Waals surface area contributed by atoms with Crippen molar-refractivity contribution in [3.05, 3.63) is 35.9 Å². The molecule has 9 N–H and O–H groups in total. The smallest absolute Gasteiger partial charge is 0.243 e. The molecule has 1 aromatic carbocycles. The van der Waals surface area contributed by atoms with E-state index in [1.807, 2.05) is 6.07 Å². The predicted molar refractivity (Wildman–Crippen MR) is 145 cm³/mol. The predicted octanol–water partition coefficient (Wildman–Crippen LogP) is -2.86. The summed E-state index contributed by atoms with van der Waals surface area (Å²) in [5.41, 5.74) is 5.84. The van der Waals surface area contributed by atoms with Gasteiger partial charge in [0, 0.05) is 25.8 Å². The fourth-order valence-electron chi connectivity index (χ4n) is 3.10. The Labute approximate surface area is 234 Å². The van der Waals surface area contributed by atoms with Crippen molar-refractivity contribution in [2.45, 2.75) is 38.0 Å². The largest absolute Gasteiger partial charge is 0.377 e. The molecule has 15 heteroatoms. The Morgan fingerprint density at radius 1 is 0.821 bits per heavy atom. The maximum atomic E-state index is 12.8. The van der Waals surface area contributed by atoms with Crippen molar-refractivity contribution in [2.24, 2.45) is 5.73 Å². The molecule has 0 saturated carbocycles. The topological polar surface area (TPSA) is 221 Å². The number of primary amides is 1. The molecule has 0 fully saturated rings. The number of alkyl halides is 1. The molecule has 0 aliphatic carbocycles. The highest BCUT2D eigenvalue weighted by Gasteiger charge is 2.22. The van der Waals surface area contributed by atoms with Crippen molar-refractivity contribution in [3.63, 3.8) is 0 Å². The number of carbonyl (C=O) groups excluding carboxylic acids is 6. The minimum Gasteiger partial charge on any atom is -0.377 e. The highest BCUT2D eigenvalue weighted by Crippen LogP contribution is 2.04. The summed E-state index contributed by atoms with van der Waals surface area (Å²) in [6.07, 6.45) is -0.337. The van der Waals surface area contributed by atoms with Crippen molar-refractivity contribution in [2.75, 3.05) is 38.1 Å². The Morgan fingerprint density at radius 2 is 1.49 bits per heavy atom. The lowest BCUT2D eigenvalue weighted by atomic mass is 10.1. The third kappa shape index (κ3) is 16.8. The van der Waals surface area contributed by atoms with Gasteiger partial charge in [-0.1, -0.05) is 46.3 Å². The maximum Gasteiger partial charge on any atom is 0.243 e. The van der Waals surface area contributed by atoms with E-state index in [0.29, 0.717) is 13.0 Å². The molecule has 0 heterocycles. The van der Waals surface area contributed by atoms with Crippen LogP contribution in [-0.2, 0) is 35.2 Å². The van der Waals surface area contributed by atoms with Gasteiger partial charge in [-0.15, -0.1) is 0 Å². The van der Waals surface area contributed by atoms with E-state index in [1.165, 1.54) is 0 Å². The van der Waals surface area contributed by atoms with Crippen LogP contribution in [0.3, 0.4) is 0 Å². The molecular weight excluding hydrogens is 578 g/mol. The van der Waals surface area contributed by atoms with Gasteiger partial charge in [-0.3, -0.25) is 34.1 Å². The Hall–Kier alpha value is -3.56. The average Bonchev–Trinajstić information content (AvgIpc) is 2.91. The molecule has 39 heavy (non-hydrogen) atoms. The van der Waals surface area contributed by atoms with Gasteiger partial charge < -0.3 is 37.4 Å². The van der Waals surface area contributed by atoms with Gasteiger partial charge in [0.05, 0.1) is 25.0 Å². The fraction of sp³-hybridized carbons (Fsp3) is 0.500. The molecule has 0 bridgehead atoms. The number of nitrogens with two attached hydrogens (primary N) is 1. The summed E-state index contributed by atoms with van der Waals surface area (Å²) < 4.78 is 0. The molecule has 0 aromatic heterocycles. The molecule has 0 aliphatic heterocycles. The first-order valence-electron chi connectivity index (χ1n) is 12.3. The van der Waals surface area contributed by atoms with Crippen LogP contribution in [0.1, 0.15) is 24.8 Å². The van der Waals surface area contributed by atoms with Gasteiger partial charge >= 0.3 is 0 Å². The second-order valence-corrected chi connectivity index (χ2v) is 8.94. The number of nitrogens with one attached hydrogen (secondary N) is 6. The number of aliphatic hydroxyl groups excluding tert-OH is 1. The monoisotopic (exact) mass is 613 g/mol. The highest BCUT2D eigenvalue weighted by molar-refractivity contribution is 9.09. The second-order valence-electron chi connectivity index (χ2n) is 8.38. The van der Waals surface area contributed by atoms with Crippen LogP contribution in [0.2, 0.25) is 0 Å². The van der Waals surface area contributed by atoms with E-state index < -0.39 is 48.4 Å². The van der Waals surface area contributed by atoms with E-state index in [-0.39, 0.29) is 50.1 Å². The van der Waals surface area contributed by atoms with Crippen LogP contribution in [0.15, 0.2) is 30.3 Å². The summed E-state index contributed by atoms with van der Waals surface area (Å²) in [6, 6.07) is 7.97. The van der Waals surface area contributed by atoms with E-state index in [1.54, 1.807) is 24.3 Å². The lowest BCUT2D eigenvalue weighted by Gasteiger charge is -2.20. The minimum atomic E-state index is -1.08. The van der Waals surface area contributed by atoms with Gasteiger partial charge in [0.2, 0.25) is 35.4 Å². The van der Waals surface area contributed by atoms with Crippen molar-refractivity contribution in [3.8, 4) is 0 Å². The Bertz CT molecular complexity index is 965. The number of hydrogen-bond donors (Lipinski definition) is 8. The molecule has 216 valence electrons.